The first-order chi connectivity index (χ1) is 12.6. The van der Waals surface area contributed by atoms with E-state index in [1.807, 2.05) is 0 Å². The molecule has 4 rings (SSSR count). The Morgan fingerprint density at radius 1 is 1.04 bits per heavy atom. The maximum Gasteiger partial charge on any atom is 0.262 e. The Bertz CT molecular complexity index is 1110. The molecule has 3 heterocycles. The van der Waals surface area contributed by atoms with Crippen molar-refractivity contribution in [2.24, 2.45) is 0 Å². The van der Waals surface area contributed by atoms with E-state index in [-0.39, 0.29) is 17.1 Å². The molecule has 0 fully saturated rings. The SMILES string of the molecule is O=C(Nc1ccccn1)c1cnn2c(-c3cc(O)ccc3O)ccnc12. The Balaban J connectivity index is 1.78. The van der Waals surface area contributed by atoms with Crippen molar-refractivity contribution in [3.8, 4) is 22.8 Å². The van der Waals surface area contributed by atoms with Gasteiger partial charge in [0, 0.05) is 18.0 Å². The van der Waals surface area contributed by atoms with Gasteiger partial charge in [-0.15, -0.1) is 0 Å². The second-order valence-electron chi connectivity index (χ2n) is 5.49. The lowest BCUT2D eigenvalue weighted by Crippen LogP contribution is -2.13. The summed E-state index contributed by atoms with van der Waals surface area (Å²) in [6.45, 7) is 0. The molecule has 8 nitrogen and oxygen atoms in total. The van der Waals surface area contributed by atoms with E-state index in [2.05, 4.69) is 20.4 Å². The van der Waals surface area contributed by atoms with Gasteiger partial charge in [-0.05, 0) is 36.4 Å². The van der Waals surface area contributed by atoms with E-state index in [0.29, 0.717) is 22.7 Å². The van der Waals surface area contributed by atoms with Gasteiger partial charge in [0.1, 0.15) is 22.9 Å². The average Bonchev–Trinajstić information content (AvgIpc) is 3.09. The third kappa shape index (κ3) is 2.69. The van der Waals surface area contributed by atoms with E-state index < -0.39 is 5.91 Å². The molecular formula is C18H13N5O3. The Morgan fingerprint density at radius 2 is 1.92 bits per heavy atom. The predicted molar refractivity (Wildman–Crippen MR) is 93.9 cm³/mol. The zero-order valence-electron chi connectivity index (χ0n) is 13.4. The summed E-state index contributed by atoms with van der Waals surface area (Å²) in [4.78, 5) is 20.8. The van der Waals surface area contributed by atoms with Gasteiger partial charge >= 0.3 is 0 Å². The molecule has 128 valence electrons. The van der Waals surface area contributed by atoms with Crippen LogP contribution in [-0.4, -0.2) is 35.7 Å². The quantitative estimate of drug-likeness (QED) is 0.491. The number of amides is 1. The Morgan fingerprint density at radius 3 is 2.73 bits per heavy atom. The van der Waals surface area contributed by atoms with Crippen LogP contribution in [0.5, 0.6) is 11.5 Å². The van der Waals surface area contributed by atoms with Gasteiger partial charge in [0.2, 0.25) is 0 Å². The van der Waals surface area contributed by atoms with Crippen LogP contribution in [0.25, 0.3) is 16.9 Å². The number of carbonyl (C=O) groups excluding carboxylic acids is 1. The van der Waals surface area contributed by atoms with Crippen molar-refractivity contribution in [1.82, 2.24) is 19.6 Å². The molecule has 0 bridgehead atoms. The molecule has 0 radical (unpaired) electrons. The first kappa shape index (κ1) is 15.6. The molecule has 0 saturated heterocycles. The monoisotopic (exact) mass is 347 g/mol. The van der Waals surface area contributed by atoms with Crippen LogP contribution in [0.2, 0.25) is 0 Å². The third-order valence-corrected chi connectivity index (χ3v) is 3.81. The number of aromatic nitrogens is 4. The van der Waals surface area contributed by atoms with E-state index in [1.165, 1.54) is 35.1 Å². The standard InChI is InChI=1S/C18H13N5O3/c24-11-4-5-15(25)12(9-11)14-6-8-20-17-13(10-21-23(14)17)18(26)22-16-3-1-2-7-19-16/h1-10,24-25H,(H,19,22,26). The van der Waals surface area contributed by atoms with Gasteiger partial charge in [0.05, 0.1) is 11.9 Å². The van der Waals surface area contributed by atoms with Crippen molar-refractivity contribution in [3.05, 3.63) is 66.6 Å². The van der Waals surface area contributed by atoms with Gasteiger partial charge in [0.15, 0.2) is 5.65 Å². The molecule has 0 unspecified atom stereocenters. The first-order valence-corrected chi connectivity index (χ1v) is 7.71. The lowest BCUT2D eigenvalue weighted by Gasteiger charge is -2.08. The van der Waals surface area contributed by atoms with Crippen LogP contribution < -0.4 is 5.32 Å². The molecule has 1 amide bonds. The lowest BCUT2D eigenvalue weighted by atomic mass is 10.1. The molecule has 0 spiro atoms. The second-order valence-corrected chi connectivity index (χ2v) is 5.49. The van der Waals surface area contributed by atoms with Gasteiger partial charge in [-0.2, -0.15) is 5.10 Å². The zero-order chi connectivity index (χ0) is 18.1. The number of aromatic hydroxyl groups is 2. The molecule has 0 aliphatic carbocycles. The smallest absolute Gasteiger partial charge is 0.262 e. The highest BCUT2D eigenvalue weighted by Crippen LogP contribution is 2.32. The first-order valence-electron chi connectivity index (χ1n) is 7.71. The van der Waals surface area contributed by atoms with E-state index in [0.717, 1.165) is 0 Å². The van der Waals surface area contributed by atoms with Crippen molar-refractivity contribution >= 4 is 17.4 Å². The van der Waals surface area contributed by atoms with Crippen LogP contribution in [0.1, 0.15) is 10.4 Å². The summed E-state index contributed by atoms with van der Waals surface area (Å²) in [6, 6.07) is 11.0. The number of benzene rings is 1. The van der Waals surface area contributed by atoms with Crippen LogP contribution in [0.15, 0.2) is 61.1 Å². The molecule has 8 heteroatoms. The van der Waals surface area contributed by atoms with E-state index >= 15 is 0 Å². The highest BCUT2D eigenvalue weighted by atomic mass is 16.3. The van der Waals surface area contributed by atoms with Crippen LogP contribution in [0.4, 0.5) is 5.82 Å². The number of carbonyl (C=O) groups is 1. The Hall–Kier alpha value is -3.94. The number of fused-ring (bicyclic) bond motifs is 1. The molecule has 0 aliphatic heterocycles. The summed E-state index contributed by atoms with van der Waals surface area (Å²) < 4.78 is 1.43. The average molecular weight is 347 g/mol. The number of phenolic OH excluding ortho intramolecular Hbond substituents is 2. The number of hydrogen-bond donors (Lipinski definition) is 3. The van der Waals surface area contributed by atoms with Gasteiger partial charge in [-0.1, -0.05) is 6.07 Å². The molecule has 0 aliphatic rings. The maximum absolute atomic E-state index is 12.5. The number of anilines is 1. The van der Waals surface area contributed by atoms with Gasteiger partial charge in [-0.25, -0.2) is 14.5 Å². The van der Waals surface area contributed by atoms with Crippen molar-refractivity contribution in [3.63, 3.8) is 0 Å². The maximum atomic E-state index is 12.5. The van der Waals surface area contributed by atoms with Crippen molar-refractivity contribution in [2.45, 2.75) is 0 Å². The van der Waals surface area contributed by atoms with Crippen LogP contribution >= 0.6 is 0 Å². The summed E-state index contributed by atoms with van der Waals surface area (Å²) in [5.74, 6) is -0.00423. The highest BCUT2D eigenvalue weighted by molar-refractivity contribution is 6.07. The van der Waals surface area contributed by atoms with Gasteiger partial charge in [0.25, 0.3) is 5.91 Å². The number of phenols is 2. The molecule has 1 aromatic carbocycles. The predicted octanol–water partition coefficient (Wildman–Crippen LogP) is 2.45. The number of pyridine rings is 1. The molecule has 4 aromatic rings. The molecule has 3 N–H and O–H groups in total. The highest BCUT2D eigenvalue weighted by Gasteiger charge is 2.18. The molecule has 3 aromatic heterocycles. The fourth-order valence-electron chi connectivity index (χ4n) is 2.61. The van der Waals surface area contributed by atoms with Gasteiger partial charge in [-0.3, -0.25) is 4.79 Å². The van der Waals surface area contributed by atoms with Gasteiger partial charge < -0.3 is 15.5 Å². The van der Waals surface area contributed by atoms with Crippen molar-refractivity contribution < 1.29 is 15.0 Å². The molecule has 26 heavy (non-hydrogen) atoms. The number of hydrogen-bond acceptors (Lipinski definition) is 6. The zero-order valence-corrected chi connectivity index (χ0v) is 13.4. The second kappa shape index (κ2) is 6.17. The van der Waals surface area contributed by atoms with Crippen molar-refractivity contribution in [2.75, 3.05) is 5.32 Å². The molecule has 0 saturated carbocycles. The Labute approximate surface area is 147 Å². The minimum atomic E-state index is -0.400. The number of nitrogens with zero attached hydrogens (tertiary/aromatic N) is 4. The van der Waals surface area contributed by atoms with E-state index in [9.17, 15) is 15.0 Å². The summed E-state index contributed by atoms with van der Waals surface area (Å²) in [6.07, 6.45) is 4.48. The molecule has 0 atom stereocenters. The van der Waals surface area contributed by atoms with Crippen LogP contribution in [-0.2, 0) is 0 Å². The fourth-order valence-corrected chi connectivity index (χ4v) is 2.61. The fraction of sp³-hybridized carbons (Fsp3) is 0. The van der Waals surface area contributed by atoms with Crippen molar-refractivity contribution in [1.29, 1.82) is 0 Å². The lowest BCUT2D eigenvalue weighted by molar-refractivity contribution is 0.102. The van der Waals surface area contributed by atoms with Crippen LogP contribution in [0, 0.1) is 0 Å². The Kier molecular flexibility index (Phi) is 3.70. The summed E-state index contributed by atoms with van der Waals surface area (Å²) in [5, 5.41) is 26.7. The minimum absolute atomic E-state index is 0.00281. The summed E-state index contributed by atoms with van der Waals surface area (Å²) in [7, 11) is 0. The third-order valence-electron chi connectivity index (χ3n) is 3.81. The van der Waals surface area contributed by atoms with Crippen LogP contribution in [0.3, 0.4) is 0 Å². The topological polar surface area (TPSA) is 113 Å². The summed E-state index contributed by atoms with van der Waals surface area (Å²) >= 11 is 0. The minimum Gasteiger partial charge on any atom is -0.508 e. The van der Waals surface area contributed by atoms with E-state index in [1.54, 1.807) is 30.5 Å². The van der Waals surface area contributed by atoms with E-state index in [4.69, 9.17) is 0 Å². The molecular weight excluding hydrogens is 334 g/mol. The summed E-state index contributed by atoms with van der Waals surface area (Å²) in [5.41, 5.74) is 1.44. The largest absolute Gasteiger partial charge is 0.508 e. The number of nitrogens with one attached hydrogen (secondary N) is 1. The normalized spacial score (nSPS) is 10.8. The number of rotatable bonds is 3.